The first-order valence-electron chi connectivity index (χ1n) is 3.19. The number of carbonyl (C=O) groups excluding carboxylic acids is 2. The molecule has 0 bridgehead atoms. The minimum absolute atomic E-state index is 0.139. The maximum absolute atomic E-state index is 10.7. The number of carbonyl (C=O) groups is 3. The molecule has 0 heterocycles. The van der Waals surface area contributed by atoms with E-state index < -0.39 is 17.1 Å². The quantitative estimate of drug-likeness (QED) is 0.589. The molecule has 2 N–H and O–H groups in total. The van der Waals surface area contributed by atoms with Crippen molar-refractivity contribution >= 4 is 28.7 Å². The highest BCUT2D eigenvalue weighted by Crippen LogP contribution is 1.88. The van der Waals surface area contributed by atoms with Gasteiger partial charge in [-0.05, 0) is 11.6 Å². The van der Waals surface area contributed by atoms with E-state index in [-0.39, 0.29) is 19.4 Å². The van der Waals surface area contributed by atoms with Crippen molar-refractivity contribution < 1.29 is 19.5 Å². The van der Waals surface area contributed by atoms with Gasteiger partial charge in [0, 0.05) is 6.42 Å². The van der Waals surface area contributed by atoms with Gasteiger partial charge in [-0.2, -0.15) is 0 Å². The van der Waals surface area contributed by atoms with Gasteiger partial charge >= 0.3 is 5.97 Å². The molecule has 0 aliphatic heterocycles. The van der Waals surface area contributed by atoms with Crippen LogP contribution in [0.2, 0.25) is 0 Å². The maximum atomic E-state index is 10.7. The molecular weight excluding hydrogens is 186 g/mol. The highest BCUT2D eigenvalue weighted by Gasteiger charge is 2.05. The number of hydrogen-bond donors (Lipinski definition) is 2. The fraction of sp³-hybridized carbons (Fsp3) is 0.500. The van der Waals surface area contributed by atoms with Crippen molar-refractivity contribution in [3.63, 3.8) is 0 Å². The molecule has 0 aromatic heterocycles. The van der Waals surface area contributed by atoms with Crippen LogP contribution in [0, 0.1) is 0 Å². The van der Waals surface area contributed by atoms with Gasteiger partial charge in [0.05, 0.1) is 13.0 Å². The van der Waals surface area contributed by atoms with Crippen molar-refractivity contribution in [2.24, 2.45) is 0 Å². The van der Waals surface area contributed by atoms with Crippen LogP contribution in [0.15, 0.2) is 0 Å². The van der Waals surface area contributed by atoms with Crippen molar-refractivity contribution in [1.82, 2.24) is 5.32 Å². The van der Waals surface area contributed by atoms with E-state index in [9.17, 15) is 14.4 Å². The van der Waals surface area contributed by atoms with Gasteiger partial charge in [-0.1, -0.05) is 0 Å². The third-order valence-electron chi connectivity index (χ3n) is 0.990. The molecule has 0 aliphatic rings. The van der Waals surface area contributed by atoms with E-state index in [1.165, 1.54) is 0 Å². The lowest BCUT2D eigenvalue weighted by Gasteiger charge is -1.98. The van der Waals surface area contributed by atoms with Crippen molar-refractivity contribution in [3.05, 3.63) is 0 Å². The van der Waals surface area contributed by atoms with E-state index >= 15 is 0 Å². The molecule has 0 aromatic carbocycles. The SMILES string of the molecule is O=C(O)CCC(=O)NCC(=O)Cl. The molecule has 12 heavy (non-hydrogen) atoms. The minimum Gasteiger partial charge on any atom is -0.481 e. The van der Waals surface area contributed by atoms with E-state index in [0.29, 0.717) is 0 Å². The zero-order chi connectivity index (χ0) is 9.56. The van der Waals surface area contributed by atoms with E-state index in [2.05, 4.69) is 5.32 Å². The van der Waals surface area contributed by atoms with Gasteiger partial charge in [-0.15, -0.1) is 0 Å². The van der Waals surface area contributed by atoms with E-state index in [1.807, 2.05) is 0 Å². The molecule has 0 spiro atoms. The number of carboxylic acids is 1. The molecule has 5 nitrogen and oxygen atoms in total. The fourth-order valence-electron chi connectivity index (χ4n) is 0.477. The van der Waals surface area contributed by atoms with E-state index in [0.717, 1.165) is 0 Å². The van der Waals surface area contributed by atoms with Gasteiger partial charge in [0.2, 0.25) is 11.1 Å². The van der Waals surface area contributed by atoms with E-state index in [4.69, 9.17) is 16.7 Å². The molecule has 0 aliphatic carbocycles. The molecule has 1 amide bonds. The largest absolute Gasteiger partial charge is 0.481 e. The maximum Gasteiger partial charge on any atom is 0.303 e. The summed E-state index contributed by atoms with van der Waals surface area (Å²) in [5.41, 5.74) is 0. The van der Waals surface area contributed by atoms with Crippen LogP contribution in [0.5, 0.6) is 0 Å². The van der Waals surface area contributed by atoms with Gasteiger partial charge in [0.1, 0.15) is 0 Å². The average molecular weight is 194 g/mol. The lowest BCUT2D eigenvalue weighted by molar-refractivity contribution is -0.138. The molecule has 0 rings (SSSR count). The first-order valence-corrected chi connectivity index (χ1v) is 3.57. The lowest BCUT2D eigenvalue weighted by atomic mass is 10.3. The number of carboxylic acid groups (broad SMARTS) is 1. The number of hydrogen-bond acceptors (Lipinski definition) is 3. The number of nitrogens with one attached hydrogen (secondary N) is 1. The summed E-state index contributed by atoms with van der Waals surface area (Å²) < 4.78 is 0. The van der Waals surface area contributed by atoms with Gasteiger partial charge < -0.3 is 10.4 Å². The molecule has 0 fully saturated rings. The Morgan fingerprint density at radius 1 is 1.25 bits per heavy atom. The van der Waals surface area contributed by atoms with Crippen LogP contribution in [-0.2, 0) is 14.4 Å². The summed E-state index contributed by atoms with van der Waals surface area (Å²) in [4.78, 5) is 30.8. The van der Waals surface area contributed by atoms with Gasteiger partial charge in [0.15, 0.2) is 0 Å². The highest BCUT2D eigenvalue weighted by atomic mass is 35.5. The standard InChI is InChI=1S/C6H8ClNO4/c7-4(9)3-8-5(10)1-2-6(11)12/h1-3H2,(H,8,10)(H,11,12). The Morgan fingerprint density at radius 2 is 1.83 bits per heavy atom. The molecule has 6 heteroatoms. The zero-order valence-electron chi connectivity index (χ0n) is 6.17. The van der Waals surface area contributed by atoms with E-state index in [1.54, 1.807) is 0 Å². The van der Waals surface area contributed by atoms with Crippen LogP contribution in [0.1, 0.15) is 12.8 Å². The van der Waals surface area contributed by atoms with Crippen LogP contribution in [-0.4, -0.2) is 28.8 Å². The minimum atomic E-state index is -1.05. The van der Waals surface area contributed by atoms with Crippen molar-refractivity contribution in [2.75, 3.05) is 6.54 Å². The monoisotopic (exact) mass is 193 g/mol. The van der Waals surface area contributed by atoms with Gasteiger partial charge in [-0.3, -0.25) is 14.4 Å². The third-order valence-corrected chi connectivity index (χ3v) is 1.12. The Bertz CT molecular complexity index is 184. The molecule has 0 unspecified atom stereocenters. The first-order chi connectivity index (χ1) is 5.52. The number of rotatable bonds is 5. The second kappa shape index (κ2) is 5.54. The average Bonchev–Trinajstić information content (AvgIpc) is 1.96. The Balaban J connectivity index is 3.47. The third kappa shape index (κ3) is 7.01. The number of amides is 1. The smallest absolute Gasteiger partial charge is 0.303 e. The fourth-order valence-corrected chi connectivity index (χ4v) is 0.544. The number of aliphatic carboxylic acids is 1. The molecule has 0 atom stereocenters. The highest BCUT2D eigenvalue weighted by molar-refractivity contribution is 6.64. The van der Waals surface area contributed by atoms with Gasteiger partial charge in [-0.25, -0.2) is 0 Å². The normalized spacial score (nSPS) is 9.08. The van der Waals surface area contributed by atoms with Crippen LogP contribution < -0.4 is 5.32 Å². The summed E-state index contributed by atoms with van der Waals surface area (Å²) >= 11 is 4.91. The molecule has 0 saturated carbocycles. The molecular formula is C6H8ClNO4. The zero-order valence-corrected chi connectivity index (χ0v) is 6.93. The number of halogens is 1. The van der Waals surface area contributed by atoms with Crippen molar-refractivity contribution in [3.8, 4) is 0 Å². The predicted molar refractivity (Wildman–Crippen MR) is 40.7 cm³/mol. The summed E-state index contributed by atoms with van der Waals surface area (Å²) in [6.07, 6.45) is -0.387. The molecule has 0 radical (unpaired) electrons. The summed E-state index contributed by atoms with van der Waals surface area (Å²) in [5, 5.41) is 9.64. The summed E-state index contributed by atoms with van der Waals surface area (Å²) in [6, 6.07) is 0. The summed E-state index contributed by atoms with van der Waals surface area (Å²) in [6.45, 7) is -0.264. The molecule has 0 saturated heterocycles. The molecule has 0 aromatic rings. The van der Waals surface area contributed by atoms with Crippen LogP contribution in [0.4, 0.5) is 0 Å². The Kier molecular flexibility index (Phi) is 5.03. The summed E-state index contributed by atoms with van der Waals surface area (Å²) in [7, 11) is 0. The van der Waals surface area contributed by atoms with Crippen LogP contribution >= 0.6 is 11.6 Å². The predicted octanol–water partition coefficient (Wildman–Crippen LogP) is -0.267. The molecule has 68 valence electrons. The Labute approximate surface area is 73.7 Å². The van der Waals surface area contributed by atoms with Crippen LogP contribution in [0.25, 0.3) is 0 Å². The summed E-state index contributed by atoms with van der Waals surface area (Å²) in [5.74, 6) is -1.55. The van der Waals surface area contributed by atoms with Crippen molar-refractivity contribution in [1.29, 1.82) is 0 Å². The van der Waals surface area contributed by atoms with Crippen LogP contribution in [0.3, 0.4) is 0 Å². The second-order valence-electron chi connectivity index (χ2n) is 2.03. The Hall–Kier alpha value is -1.10. The first kappa shape index (κ1) is 10.9. The lowest BCUT2D eigenvalue weighted by Crippen LogP contribution is -2.27. The second-order valence-corrected chi connectivity index (χ2v) is 2.45. The topological polar surface area (TPSA) is 83.5 Å². The van der Waals surface area contributed by atoms with Gasteiger partial charge in [0.25, 0.3) is 0 Å². The Morgan fingerprint density at radius 3 is 2.25 bits per heavy atom. The van der Waals surface area contributed by atoms with Crippen molar-refractivity contribution in [2.45, 2.75) is 12.8 Å².